The van der Waals surface area contributed by atoms with E-state index < -0.39 is 32.6 Å². The van der Waals surface area contributed by atoms with E-state index >= 15 is 17.6 Å². The number of alkyl halides is 4. The van der Waals surface area contributed by atoms with Gasteiger partial charge in [0.15, 0.2) is 0 Å². The van der Waals surface area contributed by atoms with Gasteiger partial charge in [0, 0.05) is 30.0 Å². The zero-order valence-corrected chi connectivity index (χ0v) is 23.4. The van der Waals surface area contributed by atoms with Crippen LogP contribution in [0.5, 0.6) is 0 Å². The summed E-state index contributed by atoms with van der Waals surface area (Å²) in [6, 6.07) is 4.02. The van der Waals surface area contributed by atoms with Gasteiger partial charge in [0.25, 0.3) is 0 Å². The van der Waals surface area contributed by atoms with Crippen LogP contribution in [-0.2, 0) is 0 Å². The second-order valence-corrected chi connectivity index (χ2v) is 14.4. The number of hydrogen-bond donors (Lipinski definition) is 1. The summed E-state index contributed by atoms with van der Waals surface area (Å²) in [4.78, 5) is 4.43. The average molecular weight is 559 g/mol. The monoisotopic (exact) mass is 558 g/mol. The van der Waals surface area contributed by atoms with Gasteiger partial charge in [0.05, 0.1) is 15.2 Å². The molecule has 1 saturated carbocycles. The van der Waals surface area contributed by atoms with E-state index in [0.717, 1.165) is 14.7 Å². The van der Waals surface area contributed by atoms with Gasteiger partial charge in [-0.3, -0.25) is 0 Å². The van der Waals surface area contributed by atoms with Crippen LogP contribution in [0.4, 0.5) is 17.6 Å². The smallest absolute Gasteiger partial charge is 0.198 e. The highest BCUT2D eigenvalue weighted by atomic mass is 32.2. The fourth-order valence-electron chi connectivity index (χ4n) is 5.07. The predicted octanol–water partition coefficient (Wildman–Crippen LogP) is 8.82. The summed E-state index contributed by atoms with van der Waals surface area (Å²) in [5.74, 6) is -8.46. The summed E-state index contributed by atoms with van der Waals surface area (Å²) < 4.78 is 59.6. The Morgan fingerprint density at radius 1 is 1.06 bits per heavy atom. The van der Waals surface area contributed by atoms with E-state index in [1.807, 2.05) is 67.3 Å². The third kappa shape index (κ3) is 3.11. The van der Waals surface area contributed by atoms with Crippen LogP contribution in [0.3, 0.4) is 0 Å². The summed E-state index contributed by atoms with van der Waals surface area (Å²) in [5.41, 5.74) is -1.24. The van der Waals surface area contributed by atoms with Crippen molar-refractivity contribution in [3.63, 3.8) is 0 Å². The highest BCUT2D eigenvalue weighted by Crippen LogP contribution is 2.73. The summed E-state index contributed by atoms with van der Waals surface area (Å²) in [6.07, 6.45) is 9.00. The minimum atomic E-state index is -4.27. The fourth-order valence-corrected chi connectivity index (χ4v) is 9.92. The first kappa shape index (κ1) is 25.0. The molecule has 4 aliphatic rings. The summed E-state index contributed by atoms with van der Waals surface area (Å²) in [6.45, 7) is 7.79. The Hall–Kier alpha value is -0.660. The van der Waals surface area contributed by atoms with E-state index in [1.54, 1.807) is 35.3 Å². The molecule has 0 bridgehead atoms. The van der Waals surface area contributed by atoms with Gasteiger partial charge in [-0.25, -0.2) is 0 Å². The zero-order chi connectivity index (χ0) is 24.8. The minimum Gasteiger partial charge on any atom is -0.198 e. The van der Waals surface area contributed by atoms with Crippen LogP contribution in [0.15, 0.2) is 74.6 Å². The summed E-state index contributed by atoms with van der Waals surface area (Å²) >= 11 is 9.24. The molecule has 0 radical (unpaired) electrons. The molecule has 0 aromatic carbocycles. The van der Waals surface area contributed by atoms with Crippen molar-refractivity contribution < 1.29 is 17.6 Å². The number of aryl methyl sites for hydroxylation is 1. The highest BCUT2D eigenvalue weighted by Gasteiger charge is 2.74. The van der Waals surface area contributed by atoms with E-state index in [2.05, 4.69) is 12.6 Å². The highest BCUT2D eigenvalue weighted by molar-refractivity contribution is 8.12. The van der Waals surface area contributed by atoms with Crippen molar-refractivity contribution >= 4 is 61.6 Å². The number of allylic oxidation sites excluding steroid dienone is 7. The van der Waals surface area contributed by atoms with Gasteiger partial charge in [0.1, 0.15) is 0 Å². The molecular formula is C25H23F4PS4. The number of thiophene rings is 1. The second kappa shape index (κ2) is 7.92. The van der Waals surface area contributed by atoms with Crippen LogP contribution in [0, 0.1) is 6.92 Å². The molecule has 4 atom stereocenters. The summed E-state index contributed by atoms with van der Waals surface area (Å²) in [7, 11) is 2.02. The number of hydrogen-bond acceptors (Lipinski definition) is 4. The first-order valence-electron chi connectivity index (χ1n) is 10.7. The molecule has 34 heavy (non-hydrogen) atoms. The molecule has 0 N–H and O–H groups in total. The van der Waals surface area contributed by atoms with Crippen molar-refractivity contribution in [3.05, 3.63) is 84.4 Å². The van der Waals surface area contributed by atoms with Crippen LogP contribution < -0.4 is 0 Å². The lowest BCUT2D eigenvalue weighted by molar-refractivity contribution is -0.165. The molecule has 9 heteroatoms. The normalized spacial score (nSPS) is 33.9. The van der Waals surface area contributed by atoms with Gasteiger partial charge in [-0.05, 0) is 74.8 Å². The van der Waals surface area contributed by atoms with Crippen LogP contribution in [0.1, 0.15) is 30.5 Å². The van der Waals surface area contributed by atoms with Gasteiger partial charge in [-0.2, -0.15) is 17.6 Å². The third-order valence-electron chi connectivity index (χ3n) is 7.06. The average Bonchev–Trinajstić information content (AvgIpc) is 3.48. The van der Waals surface area contributed by atoms with Gasteiger partial charge in [0.2, 0.25) is 0 Å². The zero-order valence-electron chi connectivity index (χ0n) is 18.9. The summed E-state index contributed by atoms with van der Waals surface area (Å²) in [5, 5.41) is 0. The van der Waals surface area contributed by atoms with Crippen LogP contribution in [-0.4, -0.2) is 27.0 Å². The molecule has 2 aliphatic carbocycles. The first-order valence-corrected chi connectivity index (χ1v) is 14.3. The SMILES string of the molecule is C/C=C/C=C(\S)C1=CC2=C3C(=C4C=C(c5ccc(C)s5)SC4(C)C2(C)S1)C(P)C(F)(F)C3(F)F. The van der Waals surface area contributed by atoms with Crippen LogP contribution in [0.25, 0.3) is 4.91 Å². The second-order valence-electron chi connectivity index (χ2n) is 9.07. The lowest BCUT2D eigenvalue weighted by atomic mass is 9.71. The molecule has 1 aromatic heterocycles. The van der Waals surface area contributed by atoms with E-state index in [4.69, 9.17) is 0 Å². The standard InChI is InChI=1S/C25H23F4PS4/c1-5-6-7-15(31)17-11-14-20-19(21(30)25(28,29)24(20,26)27)13-10-18(16-9-8-12(2)32-16)34-22(13,3)23(14,4)33-17/h5-11,21,31H,30H2,1-4H3/b6-5+,15-7-. The predicted molar refractivity (Wildman–Crippen MR) is 146 cm³/mol. The Morgan fingerprint density at radius 3 is 2.35 bits per heavy atom. The molecule has 4 unspecified atom stereocenters. The first-order chi connectivity index (χ1) is 15.8. The Kier molecular flexibility index (Phi) is 5.82. The van der Waals surface area contributed by atoms with Crippen molar-refractivity contribution in [1.29, 1.82) is 0 Å². The Morgan fingerprint density at radius 2 is 1.74 bits per heavy atom. The van der Waals surface area contributed by atoms with Crippen molar-refractivity contribution in [2.45, 2.75) is 54.7 Å². The molecule has 2 aliphatic heterocycles. The lowest BCUT2D eigenvalue weighted by Crippen LogP contribution is -2.48. The van der Waals surface area contributed by atoms with E-state index in [0.29, 0.717) is 15.4 Å². The van der Waals surface area contributed by atoms with E-state index in [9.17, 15) is 0 Å². The quantitative estimate of drug-likeness (QED) is 0.170. The molecular weight excluding hydrogens is 536 g/mol. The molecule has 5 rings (SSSR count). The Bertz CT molecular complexity index is 1300. The number of fused-ring (bicyclic) bond motifs is 4. The van der Waals surface area contributed by atoms with Gasteiger partial charge >= 0.3 is 11.8 Å². The van der Waals surface area contributed by atoms with Crippen LogP contribution >= 0.6 is 56.7 Å². The number of rotatable bonds is 3. The molecule has 180 valence electrons. The van der Waals surface area contributed by atoms with Gasteiger partial charge < -0.3 is 0 Å². The molecule has 0 nitrogen and oxygen atoms in total. The van der Waals surface area contributed by atoms with E-state index in [-0.39, 0.29) is 11.1 Å². The largest absolute Gasteiger partial charge is 0.336 e. The maximum Gasteiger partial charge on any atom is 0.336 e. The van der Waals surface area contributed by atoms with Crippen LogP contribution in [0.2, 0.25) is 0 Å². The molecule has 0 amide bonds. The molecule has 0 spiro atoms. The molecule has 3 heterocycles. The Balaban J connectivity index is 1.80. The van der Waals surface area contributed by atoms with Crippen molar-refractivity contribution in [2.75, 3.05) is 0 Å². The number of thiol groups is 1. The number of halogens is 4. The molecule has 1 fully saturated rings. The maximum absolute atomic E-state index is 15.5. The van der Waals surface area contributed by atoms with Crippen molar-refractivity contribution in [2.24, 2.45) is 0 Å². The van der Waals surface area contributed by atoms with Crippen molar-refractivity contribution in [1.82, 2.24) is 0 Å². The maximum atomic E-state index is 15.5. The van der Waals surface area contributed by atoms with Crippen molar-refractivity contribution in [3.8, 4) is 0 Å². The van der Waals surface area contributed by atoms with Gasteiger partial charge in [-0.15, -0.1) is 56.7 Å². The molecule has 0 saturated heterocycles. The third-order valence-corrected chi connectivity index (χ3v) is 12.8. The molecule has 1 aromatic rings. The lowest BCUT2D eigenvalue weighted by Gasteiger charge is -2.47. The minimum absolute atomic E-state index is 0.0713. The fraction of sp³-hybridized carbons (Fsp3) is 0.360. The van der Waals surface area contributed by atoms with Gasteiger partial charge in [-0.1, -0.05) is 12.2 Å². The topological polar surface area (TPSA) is 0 Å². The Labute approximate surface area is 217 Å². The van der Waals surface area contributed by atoms with E-state index in [1.165, 1.54) is 11.8 Å². The number of thioether (sulfide) groups is 2.